The van der Waals surface area contributed by atoms with Gasteiger partial charge in [0.2, 0.25) is 0 Å². The summed E-state index contributed by atoms with van der Waals surface area (Å²) < 4.78 is 2.09. The molecular formula is C14H17N5. The van der Waals surface area contributed by atoms with Crippen LogP contribution in [0.1, 0.15) is 11.5 Å². The van der Waals surface area contributed by atoms with Crippen LogP contribution in [0.5, 0.6) is 0 Å². The van der Waals surface area contributed by atoms with Gasteiger partial charge in [0.05, 0.1) is 22.4 Å². The lowest BCUT2D eigenvalue weighted by atomic mass is 10.1. The molecule has 3 rings (SSSR count). The van der Waals surface area contributed by atoms with E-state index in [-0.39, 0.29) is 0 Å². The first-order valence-electron chi connectivity index (χ1n) is 6.28. The molecular weight excluding hydrogens is 238 g/mol. The molecule has 19 heavy (non-hydrogen) atoms. The van der Waals surface area contributed by atoms with Gasteiger partial charge in [0.25, 0.3) is 0 Å². The average Bonchev–Trinajstić information content (AvgIpc) is 2.90. The van der Waals surface area contributed by atoms with Gasteiger partial charge in [0, 0.05) is 19.7 Å². The van der Waals surface area contributed by atoms with Gasteiger partial charge in [-0.1, -0.05) is 6.07 Å². The third kappa shape index (κ3) is 1.69. The summed E-state index contributed by atoms with van der Waals surface area (Å²) in [7, 11) is 3.94. The molecule has 2 N–H and O–H groups in total. The van der Waals surface area contributed by atoms with Gasteiger partial charge in [-0.15, -0.1) is 0 Å². The molecule has 0 fully saturated rings. The SMILES string of the molecule is CNc1c(-c2ccc3c(c2)nc(C)n3C)n[nH]c1C. The average molecular weight is 255 g/mol. The highest BCUT2D eigenvalue weighted by molar-refractivity contribution is 5.85. The maximum Gasteiger partial charge on any atom is 0.116 e. The van der Waals surface area contributed by atoms with Crippen molar-refractivity contribution in [1.82, 2.24) is 19.7 Å². The minimum atomic E-state index is 0.935. The molecule has 0 radical (unpaired) electrons. The van der Waals surface area contributed by atoms with Crippen LogP contribution < -0.4 is 5.32 Å². The first-order chi connectivity index (χ1) is 9.11. The quantitative estimate of drug-likeness (QED) is 0.740. The van der Waals surface area contributed by atoms with Crippen molar-refractivity contribution in [3.8, 4) is 11.3 Å². The van der Waals surface area contributed by atoms with Crippen LogP contribution in [0, 0.1) is 13.8 Å². The fourth-order valence-electron chi connectivity index (χ4n) is 2.41. The van der Waals surface area contributed by atoms with Crippen molar-refractivity contribution in [2.75, 3.05) is 12.4 Å². The number of rotatable bonds is 2. The molecule has 0 saturated heterocycles. The van der Waals surface area contributed by atoms with Gasteiger partial charge in [-0.05, 0) is 26.0 Å². The highest BCUT2D eigenvalue weighted by Crippen LogP contribution is 2.30. The molecule has 0 spiro atoms. The zero-order valence-electron chi connectivity index (χ0n) is 11.6. The van der Waals surface area contributed by atoms with E-state index in [9.17, 15) is 0 Å². The summed E-state index contributed by atoms with van der Waals surface area (Å²) in [5.41, 5.74) is 6.21. The molecule has 1 aromatic carbocycles. The third-order valence-corrected chi connectivity index (χ3v) is 3.58. The van der Waals surface area contributed by atoms with E-state index in [1.54, 1.807) is 0 Å². The number of hydrogen-bond donors (Lipinski definition) is 2. The number of nitrogens with one attached hydrogen (secondary N) is 2. The Bertz CT molecular complexity index is 751. The second kappa shape index (κ2) is 4.12. The lowest BCUT2D eigenvalue weighted by Crippen LogP contribution is -1.92. The summed E-state index contributed by atoms with van der Waals surface area (Å²) in [6.45, 7) is 4.02. The molecule has 0 aliphatic carbocycles. The Morgan fingerprint density at radius 3 is 2.79 bits per heavy atom. The number of nitrogens with zero attached hydrogens (tertiary/aromatic N) is 3. The number of H-pyrrole nitrogens is 1. The molecule has 3 aromatic rings. The smallest absolute Gasteiger partial charge is 0.116 e. The van der Waals surface area contributed by atoms with E-state index < -0.39 is 0 Å². The molecule has 0 aliphatic heterocycles. The fourth-order valence-corrected chi connectivity index (χ4v) is 2.41. The van der Waals surface area contributed by atoms with Crippen LogP contribution in [0.25, 0.3) is 22.3 Å². The fraction of sp³-hybridized carbons (Fsp3) is 0.286. The van der Waals surface area contributed by atoms with Crippen LogP contribution >= 0.6 is 0 Å². The molecule has 5 heteroatoms. The molecule has 0 aliphatic rings. The Balaban J connectivity index is 2.20. The number of anilines is 1. The minimum absolute atomic E-state index is 0.935. The number of hydrogen-bond acceptors (Lipinski definition) is 3. The predicted molar refractivity (Wildman–Crippen MR) is 77.3 cm³/mol. The lowest BCUT2D eigenvalue weighted by molar-refractivity contribution is 0.886. The second-order valence-corrected chi connectivity index (χ2v) is 4.74. The summed E-state index contributed by atoms with van der Waals surface area (Å²) in [5, 5.41) is 10.6. The van der Waals surface area contributed by atoms with E-state index in [4.69, 9.17) is 0 Å². The van der Waals surface area contributed by atoms with Crippen LogP contribution in [0.2, 0.25) is 0 Å². The summed E-state index contributed by atoms with van der Waals surface area (Å²) in [4.78, 5) is 4.57. The largest absolute Gasteiger partial charge is 0.385 e. The first-order valence-corrected chi connectivity index (χ1v) is 6.28. The molecule has 2 heterocycles. The van der Waals surface area contributed by atoms with Crippen molar-refractivity contribution in [2.24, 2.45) is 7.05 Å². The van der Waals surface area contributed by atoms with Crippen molar-refractivity contribution < 1.29 is 0 Å². The first kappa shape index (κ1) is 11.8. The number of aryl methyl sites for hydroxylation is 3. The molecule has 0 atom stereocenters. The van der Waals surface area contributed by atoms with Crippen molar-refractivity contribution >= 4 is 16.7 Å². The predicted octanol–water partition coefficient (Wildman–Crippen LogP) is 2.62. The van der Waals surface area contributed by atoms with Crippen molar-refractivity contribution in [1.29, 1.82) is 0 Å². The molecule has 0 bridgehead atoms. The minimum Gasteiger partial charge on any atom is -0.385 e. The van der Waals surface area contributed by atoms with Gasteiger partial charge in [-0.25, -0.2) is 4.98 Å². The van der Waals surface area contributed by atoms with E-state index in [0.29, 0.717) is 0 Å². The van der Waals surface area contributed by atoms with Crippen molar-refractivity contribution in [3.63, 3.8) is 0 Å². The summed E-state index contributed by atoms with van der Waals surface area (Å²) in [5.74, 6) is 1.01. The molecule has 0 saturated carbocycles. The maximum absolute atomic E-state index is 4.57. The Labute approximate surface area is 111 Å². The van der Waals surface area contributed by atoms with Crippen LogP contribution in [-0.2, 0) is 7.05 Å². The van der Waals surface area contributed by atoms with E-state index in [1.165, 1.54) is 0 Å². The van der Waals surface area contributed by atoms with Gasteiger partial charge in [0.15, 0.2) is 0 Å². The summed E-state index contributed by atoms with van der Waals surface area (Å²) in [6.07, 6.45) is 0. The summed E-state index contributed by atoms with van der Waals surface area (Å²) in [6, 6.07) is 6.26. The lowest BCUT2D eigenvalue weighted by Gasteiger charge is -2.03. The van der Waals surface area contributed by atoms with Gasteiger partial charge < -0.3 is 9.88 Å². The van der Waals surface area contributed by atoms with Gasteiger partial charge in [-0.3, -0.25) is 5.10 Å². The van der Waals surface area contributed by atoms with Crippen LogP contribution in [0.3, 0.4) is 0 Å². The van der Waals surface area contributed by atoms with Crippen molar-refractivity contribution in [2.45, 2.75) is 13.8 Å². The maximum atomic E-state index is 4.57. The van der Waals surface area contributed by atoms with E-state index >= 15 is 0 Å². The number of imidazole rings is 1. The van der Waals surface area contributed by atoms with Crippen molar-refractivity contribution in [3.05, 3.63) is 29.7 Å². The number of benzene rings is 1. The zero-order valence-corrected chi connectivity index (χ0v) is 11.6. The topological polar surface area (TPSA) is 58.5 Å². The van der Waals surface area contributed by atoms with Crippen LogP contribution in [-0.4, -0.2) is 26.8 Å². The van der Waals surface area contributed by atoms with E-state index in [1.807, 2.05) is 27.9 Å². The molecule has 0 amide bonds. The van der Waals surface area contributed by atoms with Gasteiger partial charge >= 0.3 is 0 Å². The molecule has 98 valence electrons. The molecule has 5 nitrogen and oxygen atoms in total. The van der Waals surface area contributed by atoms with Crippen LogP contribution in [0.15, 0.2) is 18.2 Å². The normalized spacial score (nSPS) is 11.2. The number of aromatic nitrogens is 4. The monoisotopic (exact) mass is 255 g/mol. The Morgan fingerprint density at radius 1 is 1.26 bits per heavy atom. The Kier molecular flexibility index (Phi) is 2.55. The standard InChI is InChI=1S/C14H17N5/c1-8-13(15-3)14(18-17-8)10-5-6-12-11(7-10)16-9(2)19(12)4/h5-7,15H,1-4H3,(H,17,18). The number of aromatic amines is 1. The Hall–Kier alpha value is -2.30. The van der Waals surface area contributed by atoms with E-state index in [2.05, 4.69) is 43.3 Å². The molecule has 0 unspecified atom stereocenters. The van der Waals surface area contributed by atoms with Gasteiger partial charge in [-0.2, -0.15) is 5.10 Å². The van der Waals surface area contributed by atoms with Gasteiger partial charge in [0.1, 0.15) is 11.5 Å². The second-order valence-electron chi connectivity index (χ2n) is 4.74. The highest BCUT2D eigenvalue weighted by Gasteiger charge is 2.12. The van der Waals surface area contributed by atoms with Crippen LogP contribution in [0.4, 0.5) is 5.69 Å². The number of fused-ring (bicyclic) bond motifs is 1. The summed E-state index contributed by atoms with van der Waals surface area (Å²) >= 11 is 0. The van der Waals surface area contributed by atoms with E-state index in [0.717, 1.165) is 39.5 Å². The third-order valence-electron chi connectivity index (χ3n) is 3.58. The zero-order chi connectivity index (χ0) is 13.6. The highest BCUT2D eigenvalue weighted by atomic mass is 15.1. The Morgan fingerprint density at radius 2 is 2.05 bits per heavy atom. The molecule has 2 aromatic heterocycles.